The summed E-state index contributed by atoms with van der Waals surface area (Å²) in [5.74, 6) is -0.118. The van der Waals surface area contributed by atoms with Crippen molar-refractivity contribution in [2.75, 3.05) is 26.2 Å². The fraction of sp³-hybridized carbons (Fsp3) is 0.867. The van der Waals surface area contributed by atoms with E-state index in [0.717, 1.165) is 32.3 Å². The lowest BCUT2D eigenvalue weighted by molar-refractivity contribution is -0.138. The lowest BCUT2D eigenvalue weighted by Crippen LogP contribution is -2.46. The number of carbonyl (C=O) groups excluding carboxylic acids is 1. The number of hydrogen-bond donors (Lipinski definition) is 2. The molecular weight excluding hydrogens is 272 g/mol. The van der Waals surface area contributed by atoms with Crippen LogP contribution in [-0.4, -0.2) is 54.4 Å². The molecule has 0 aromatic rings. The molecule has 2 heterocycles. The van der Waals surface area contributed by atoms with Crippen molar-refractivity contribution < 1.29 is 19.4 Å². The molecule has 120 valence electrons. The predicted molar refractivity (Wildman–Crippen MR) is 78.1 cm³/mol. The van der Waals surface area contributed by atoms with E-state index in [1.165, 1.54) is 0 Å². The van der Waals surface area contributed by atoms with Gasteiger partial charge < -0.3 is 20.1 Å². The molecule has 2 unspecified atom stereocenters. The molecule has 21 heavy (non-hydrogen) atoms. The van der Waals surface area contributed by atoms with Gasteiger partial charge in [-0.25, -0.2) is 4.79 Å². The SMILES string of the molecule is CCC1OCCC1CNC(=O)N1CCC(CC(=O)O)CC1. The topological polar surface area (TPSA) is 78.9 Å². The highest BCUT2D eigenvalue weighted by molar-refractivity contribution is 5.74. The number of nitrogens with one attached hydrogen (secondary N) is 1. The zero-order valence-electron chi connectivity index (χ0n) is 12.7. The number of likely N-dealkylation sites (tertiary alicyclic amines) is 1. The lowest BCUT2D eigenvalue weighted by Gasteiger charge is -2.31. The molecule has 0 radical (unpaired) electrons. The number of amides is 2. The van der Waals surface area contributed by atoms with Crippen LogP contribution >= 0.6 is 0 Å². The number of piperidine rings is 1. The first-order valence-corrected chi connectivity index (χ1v) is 7.96. The molecule has 0 aromatic heterocycles. The van der Waals surface area contributed by atoms with Gasteiger partial charge in [0.1, 0.15) is 0 Å². The molecule has 2 aliphatic heterocycles. The van der Waals surface area contributed by atoms with Crippen LogP contribution in [0.5, 0.6) is 0 Å². The minimum Gasteiger partial charge on any atom is -0.481 e. The quantitative estimate of drug-likeness (QED) is 0.809. The summed E-state index contributed by atoms with van der Waals surface area (Å²) in [7, 11) is 0. The van der Waals surface area contributed by atoms with E-state index < -0.39 is 5.97 Å². The molecule has 2 amide bonds. The van der Waals surface area contributed by atoms with E-state index in [1.807, 2.05) is 0 Å². The number of aliphatic carboxylic acids is 1. The lowest BCUT2D eigenvalue weighted by atomic mass is 9.94. The van der Waals surface area contributed by atoms with Crippen LogP contribution in [0, 0.1) is 11.8 Å². The van der Waals surface area contributed by atoms with Gasteiger partial charge in [0.15, 0.2) is 0 Å². The summed E-state index contributed by atoms with van der Waals surface area (Å²) in [6.07, 6.45) is 4.05. The van der Waals surface area contributed by atoms with Crippen molar-refractivity contribution in [3.8, 4) is 0 Å². The van der Waals surface area contributed by atoms with Crippen LogP contribution in [0.3, 0.4) is 0 Å². The maximum Gasteiger partial charge on any atom is 0.317 e. The van der Waals surface area contributed by atoms with Crippen molar-refractivity contribution in [3.05, 3.63) is 0 Å². The number of hydrogen-bond acceptors (Lipinski definition) is 3. The molecular formula is C15H26N2O4. The van der Waals surface area contributed by atoms with Gasteiger partial charge in [0.25, 0.3) is 0 Å². The van der Waals surface area contributed by atoms with Gasteiger partial charge in [-0.2, -0.15) is 0 Å². The van der Waals surface area contributed by atoms with Crippen LogP contribution in [0.1, 0.15) is 39.0 Å². The van der Waals surface area contributed by atoms with Gasteiger partial charge in [-0.05, 0) is 31.6 Å². The summed E-state index contributed by atoms with van der Waals surface area (Å²) in [6, 6.07) is -0.0227. The molecule has 2 fully saturated rings. The molecule has 0 saturated carbocycles. The highest BCUT2D eigenvalue weighted by Crippen LogP contribution is 2.23. The van der Waals surface area contributed by atoms with Crippen molar-refractivity contribution in [2.45, 2.75) is 45.1 Å². The van der Waals surface area contributed by atoms with Crippen LogP contribution in [0.25, 0.3) is 0 Å². The molecule has 0 bridgehead atoms. The van der Waals surface area contributed by atoms with Gasteiger partial charge in [-0.3, -0.25) is 4.79 Å². The molecule has 2 rings (SSSR count). The molecule has 2 atom stereocenters. The van der Waals surface area contributed by atoms with Crippen LogP contribution in [0.4, 0.5) is 4.79 Å². The summed E-state index contributed by atoms with van der Waals surface area (Å²) in [5, 5.41) is 11.8. The van der Waals surface area contributed by atoms with E-state index >= 15 is 0 Å². The van der Waals surface area contributed by atoms with Crippen LogP contribution < -0.4 is 5.32 Å². The van der Waals surface area contributed by atoms with E-state index in [0.29, 0.717) is 25.6 Å². The van der Waals surface area contributed by atoms with Crippen molar-refractivity contribution in [3.63, 3.8) is 0 Å². The summed E-state index contributed by atoms with van der Waals surface area (Å²) < 4.78 is 5.62. The number of carbonyl (C=O) groups is 2. The van der Waals surface area contributed by atoms with Gasteiger partial charge >= 0.3 is 12.0 Å². The summed E-state index contributed by atoms with van der Waals surface area (Å²) in [5.41, 5.74) is 0. The standard InChI is InChI=1S/C15H26N2O4/c1-2-13-12(5-8-21-13)10-16-15(20)17-6-3-11(4-7-17)9-14(18)19/h11-13H,2-10H2,1H3,(H,16,20)(H,18,19). The number of nitrogens with zero attached hydrogens (tertiary/aromatic N) is 1. The van der Waals surface area contributed by atoms with E-state index in [1.54, 1.807) is 4.90 Å². The normalized spacial score (nSPS) is 26.8. The van der Waals surface area contributed by atoms with E-state index in [-0.39, 0.29) is 24.5 Å². The Morgan fingerprint density at radius 2 is 2.00 bits per heavy atom. The molecule has 0 aromatic carbocycles. The van der Waals surface area contributed by atoms with Gasteiger partial charge in [-0.15, -0.1) is 0 Å². The second-order valence-electron chi connectivity index (χ2n) is 6.08. The molecule has 2 aliphatic rings. The van der Waals surface area contributed by atoms with E-state index in [2.05, 4.69) is 12.2 Å². The third kappa shape index (κ3) is 4.59. The molecule has 0 spiro atoms. The fourth-order valence-electron chi connectivity index (χ4n) is 3.29. The Kier molecular flexibility index (Phi) is 5.85. The van der Waals surface area contributed by atoms with Gasteiger partial charge in [0.05, 0.1) is 6.10 Å². The number of ether oxygens (including phenoxy) is 1. The zero-order chi connectivity index (χ0) is 15.2. The molecule has 6 nitrogen and oxygen atoms in total. The largest absolute Gasteiger partial charge is 0.481 e. The maximum atomic E-state index is 12.1. The van der Waals surface area contributed by atoms with Crippen molar-refractivity contribution in [2.24, 2.45) is 11.8 Å². The Bertz CT molecular complexity index is 367. The Morgan fingerprint density at radius 1 is 1.29 bits per heavy atom. The fourth-order valence-corrected chi connectivity index (χ4v) is 3.29. The second kappa shape index (κ2) is 7.64. The van der Waals surface area contributed by atoms with Crippen LogP contribution in [0.2, 0.25) is 0 Å². The first-order valence-electron chi connectivity index (χ1n) is 7.96. The third-order valence-corrected chi connectivity index (χ3v) is 4.63. The van der Waals surface area contributed by atoms with Crippen LogP contribution in [-0.2, 0) is 9.53 Å². The first kappa shape index (κ1) is 16.1. The average molecular weight is 298 g/mol. The van der Waals surface area contributed by atoms with Gasteiger partial charge in [0.2, 0.25) is 0 Å². The minimum absolute atomic E-state index is 0.0227. The zero-order valence-corrected chi connectivity index (χ0v) is 12.7. The summed E-state index contributed by atoms with van der Waals surface area (Å²) in [4.78, 5) is 24.6. The van der Waals surface area contributed by atoms with Crippen molar-refractivity contribution in [1.82, 2.24) is 10.2 Å². The molecule has 2 N–H and O–H groups in total. The predicted octanol–water partition coefficient (Wildman–Crippen LogP) is 1.70. The molecule has 0 aliphatic carbocycles. The average Bonchev–Trinajstić information content (AvgIpc) is 2.92. The molecule has 2 saturated heterocycles. The van der Waals surface area contributed by atoms with Gasteiger partial charge in [-0.1, -0.05) is 6.92 Å². The Balaban J connectivity index is 1.69. The second-order valence-corrected chi connectivity index (χ2v) is 6.08. The van der Waals surface area contributed by atoms with Crippen LogP contribution in [0.15, 0.2) is 0 Å². The number of rotatable bonds is 5. The highest BCUT2D eigenvalue weighted by atomic mass is 16.5. The highest BCUT2D eigenvalue weighted by Gasteiger charge is 2.28. The molecule has 6 heteroatoms. The Morgan fingerprint density at radius 3 is 2.62 bits per heavy atom. The smallest absolute Gasteiger partial charge is 0.317 e. The third-order valence-electron chi connectivity index (χ3n) is 4.63. The maximum absolute atomic E-state index is 12.1. The Labute approximate surface area is 125 Å². The van der Waals surface area contributed by atoms with E-state index in [4.69, 9.17) is 9.84 Å². The van der Waals surface area contributed by atoms with Gasteiger partial charge in [0, 0.05) is 38.6 Å². The summed E-state index contributed by atoms with van der Waals surface area (Å²) in [6.45, 7) is 4.88. The van der Waals surface area contributed by atoms with Crippen molar-refractivity contribution in [1.29, 1.82) is 0 Å². The van der Waals surface area contributed by atoms with Crippen molar-refractivity contribution >= 4 is 12.0 Å². The monoisotopic (exact) mass is 298 g/mol. The minimum atomic E-state index is -0.746. The number of carboxylic acids is 1. The first-order chi connectivity index (χ1) is 10.1. The number of carboxylic acid groups (broad SMARTS) is 1. The Hall–Kier alpha value is -1.30. The number of urea groups is 1. The summed E-state index contributed by atoms with van der Waals surface area (Å²) >= 11 is 0. The van der Waals surface area contributed by atoms with E-state index in [9.17, 15) is 9.59 Å².